The van der Waals surface area contributed by atoms with Gasteiger partial charge in [0.2, 0.25) is 5.91 Å². The van der Waals surface area contributed by atoms with Gasteiger partial charge in [0, 0.05) is 38.9 Å². The van der Waals surface area contributed by atoms with Gasteiger partial charge < -0.3 is 14.6 Å². The molecule has 0 radical (unpaired) electrons. The minimum absolute atomic E-state index is 0.0624. The van der Waals surface area contributed by atoms with Crippen molar-refractivity contribution in [2.45, 2.75) is 46.0 Å². The Bertz CT molecular complexity index is 841. The molecule has 152 valence electrons. The standard InChI is InChI=1S/C22H31N3O3/c1-4-15(5-2)22(28)25-11-10-16(13-21(26)27)17(14-25)12-20-23-18-8-6-7-9-19(18)24(20)3/h6-9,15-17H,4-5,10-14H2,1-3H3,(H,26,27). The number of likely N-dealkylation sites (tertiary alicyclic amines) is 1. The first-order valence-electron chi connectivity index (χ1n) is 10.3. The highest BCUT2D eigenvalue weighted by Crippen LogP contribution is 2.31. The molecular weight excluding hydrogens is 354 g/mol. The van der Waals surface area contributed by atoms with Crippen LogP contribution < -0.4 is 0 Å². The maximum absolute atomic E-state index is 12.9. The summed E-state index contributed by atoms with van der Waals surface area (Å²) in [5.41, 5.74) is 2.03. The average molecular weight is 386 g/mol. The molecule has 3 rings (SSSR count). The highest BCUT2D eigenvalue weighted by Gasteiger charge is 2.35. The van der Waals surface area contributed by atoms with Crippen molar-refractivity contribution in [1.29, 1.82) is 0 Å². The van der Waals surface area contributed by atoms with E-state index in [4.69, 9.17) is 4.98 Å². The van der Waals surface area contributed by atoms with E-state index in [1.807, 2.05) is 36.2 Å². The van der Waals surface area contributed by atoms with Gasteiger partial charge in [0.05, 0.1) is 11.0 Å². The molecule has 1 aromatic heterocycles. The summed E-state index contributed by atoms with van der Waals surface area (Å²) in [5, 5.41) is 9.36. The van der Waals surface area contributed by atoms with Gasteiger partial charge in [0.15, 0.2) is 0 Å². The van der Waals surface area contributed by atoms with Gasteiger partial charge >= 0.3 is 5.97 Å². The summed E-state index contributed by atoms with van der Waals surface area (Å²) in [6, 6.07) is 8.02. The number of benzene rings is 1. The molecule has 0 spiro atoms. The number of carbonyl (C=O) groups is 2. The van der Waals surface area contributed by atoms with Crippen molar-refractivity contribution < 1.29 is 14.7 Å². The molecule has 2 aromatic rings. The number of rotatable bonds is 7. The van der Waals surface area contributed by atoms with Crippen molar-refractivity contribution in [1.82, 2.24) is 14.5 Å². The number of hydrogen-bond acceptors (Lipinski definition) is 3. The molecule has 1 saturated heterocycles. The summed E-state index contributed by atoms with van der Waals surface area (Å²) in [4.78, 5) is 31.0. The minimum Gasteiger partial charge on any atom is -0.481 e. The zero-order valence-electron chi connectivity index (χ0n) is 17.1. The lowest BCUT2D eigenvalue weighted by atomic mass is 9.80. The van der Waals surface area contributed by atoms with E-state index < -0.39 is 5.97 Å². The van der Waals surface area contributed by atoms with Crippen LogP contribution in [0.3, 0.4) is 0 Å². The number of carboxylic acids is 1. The van der Waals surface area contributed by atoms with Gasteiger partial charge in [-0.2, -0.15) is 0 Å². The molecule has 1 amide bonds. The fourth-order valence-corrected chi connectivity index (χ4v) is 4.51. The Kier molecular flexibility index (Phi) is 6.37. The largest absolute Gasteiger partial charge is 0.481 e. The number of para-hydroxylation sites is 2. The van der Waals surface area contributed by atoms with Crippen LogP contribution in [-0.4, -0.2) is 44.5 Å². The number of fused-ring (bicyclic) bond motifs is 1. The molecule has 0 bridgehead atoms. The summed E-state index contributed by atoms with van der Waals surface area (Å²) in [6.07, 6.45) is 3.28. The van der Waals surface area contributed by atoms with Gasteiger partial charge in [-0.25, -0.2) is 4.98 Å². The maximum atomic E-state index is 12.9. The molecule has 2 unspecified atom stereocenters. The molecule has 1 fully saturated rings. The third-order valence-electron chi connectivity index (χ3n) is 6.30. The van der Waals surface area contributed by atoms with E-state index in [1.54, 1.807) is 0 Å². The first kappa shape index (κ1) is 20.4. The van der Waals surface area contributed by atoms with E-state index in [0.717, 1.165) is 36.1 Å². The lowest BCUT2D eigenvalue weighted by molar-refractivity contribution is -0.141. The van der Waals surface area contributed by atoms with Crippen LogP contribution in [0.25, 0.3) is 11.0 Å². The zero-order valence-corrected chi connectivity index (χ0v) is 17.1. The Morgan fingerprint density at radius 1 is 1.21 bits per heavy atom. The smallest absolute Gasteiger partial charge is 0.303 e. The Hall–Kier alpha value is -2.37. The molecule has 1 aliphatic rings. The van der Waals surface area contributed by atoms with E-state index in [1.165, 1.54) is 0 Å². The molecule has 2 atom stereocenters. The molecule has 6 nitrogen and oxygen atoms in total. The number of carbonyl (C=O) groups excluding carboxylic acids is 1. The number of nitrogens with zero attached hydrogens (tertiary/aromatic N) is 3. The van der Waals surface area contributed by atoms with E-state index in [9.17, 15) is 14.7 Å². The molecule has 1 N–H and O–H groups in total. The Labute approximate surface area is 166 Å². The number of aryl methyl sites for hydroxylation is 1. The van der Waals surface area contributed by atoms with Gasteiger partial charge in [0.1, 0.15) is 5.82 Å². The number of imidazole rings is 1. The Morgan fingerprint density at radius 2 is 1.93 bits per heavy atom. The first-order valence-corrected chi connectivity index (χ1v) is 10.3. The SMILES string of the molecule is CCC(CC)C(=O)N1CCC(CC(=O)O)C(Cc2nc3ccccc3n2C)C1. The monoisotopic (exact) mass is 385 g/mol. The lowest BCUT2D eigenvalue weighted by Crippen LogP contribution is -2.47. The lowest BCUT2D eigenvalue weighted by Gasteiger charge is -2.39. The van der Waals surface area contributed by atoms with Crippen LogP contribution in [-0.2, 0) is 23.1 Å². The van der Waals surface area contributed by atoms with Crippen LogP contribution in [0.5, 0.6) is 0 Å². The predicted octanol–water partition coefficient (Wildman–Crippen LogP) is 3.49. The minimum atomic E-state index is -0.764. The second kappa shape index (κ2) is 8.76. The van der Waals surface area contributed by atoms with Crippen LogP contribution in [0.1, 0.15) is 45.4 Å². The third kappa shape index (κ3) is 4.21. The molecule has 0 saturated carbocycles. The Balaban J connectivity index is 1.82. The summed E-state index contributed by atoms with van der Waals surface area (Å²) >= 11 is 0. The number of carboxylic acid groups (broad SMARTS) is 1. The summed E-state index contributed by atoms with van der Waals surface area (Å²) in [6.45, 7) is 5.39. The van der Waals surface area contributed by atoms with Gasteiger partial charge in [-0.05, 0) is 43.2 Å². The van der Waals surface area contributed by atoms with Crippen LogP contribution in [0, 0.1) is 17.8 Å². The van der Waals surface area contributed by atoms with Crippen LogP contribution >= 0.6 is 0 Å². The fraction of sp³-hybridized carbons (Fsp3) is 0.591. The zero-order chi connectivity index (χ0) is 20.3. The predicted molar refractivity (Wildman–Crippen MR) is 109 cm³/mol. The van der Waals surface area contributed by atoms with Gasteiger partial charge in [-0.3, -0.25) is 9.59 Å². The van der Waals surface area contributed by atoms with E-state index in [-0.39, 0.29) is 30.1 Å². The topological polar surface area (TPSA) is 75.4 Å². The Morgan fingerprint density at radius 3 is 2.57 bits per heavy atom. The fourth-order valence-electron chi connectivity index (χ4n) is 4.51. The van der Waals surface area contributed by atoms with Crippen molar-refractivity contribution in [2.24, 2.45) is 24.8 Å². The second-order valence-corrected chi connectivity index (χ2v) is 7.98. The first-order chi connectivity index (χ1) is 13.4. The van der Waals surface area contributed by atoms with Crippen LogP contribution in [0.15, 0.2) is 24.3 Å². The van der Waals surface area contributed by atoms with Crippen LogP contribution in [0.4, 0.5) is 0 Å². The van der Waals surface area contributed by atoms with Gasteiger partial charge in [-0.15, -0.1) is 0 Å². The van der Waals surface area contributed by atoms with Crippen molar-refractivity contribution >= 4 is 22.9 Å². The van der Waals surface area contributed by atoms with E-state index in [0.29, 0.717) is 19.5 Å². The number of aliphatic carboxylic acids is 1. The maximum Gasteiger partial charge on any atom is 0.303 e. The quantitative estimate of drug-likeness (QED) is 0.792. The van der Waals surface area contributed by atoms with Crippen molar-refractivity contribution in [3.05, 3.63) is 30.1 Å². The number of piperidine rings is 1. The molecule has 0 aliphatic carbocycles. The summed E-state index contributed by atoms with van der Waals surface area (Å²) in [5.74, 6) is 0.654. The van der Waals surface area contributed by atoms with Crippen molar-refractivity contribution in [3.8, 4) is 0 Å². The van der Waals surface area contributed by atoms with E-state index >= 15 is 0 Å². The average Bonchev–Trinajstić information content (AvgIpc) is 2.99. The third-order valence-corrected chi connectivity index (χ3v) is 6.30. The summed E-state index contributed by atoms with van der Waals surface area (Å²) < 4.78 is 2.09. The number of amides is 1. The van der Waals surface area contributed by atoms with E-state index in [2.05, 4.69) is 18.4 Å². The van der Waals surface area contributed by atoms with Crippen molar-refractivity contribution in [2.75, 3.05) is 13.1 Å². The second-order valence-electron chi connectivity index (χ2n) is 7.98. The highest BCUT2D eigenvalue weighted by molar-refractivity contribution is 5.79. The molecular formula is C22H31N3O3. The molecule has 6 heteroatoms. The highest BCUT2D eigenvalue weighted by atomic mass is 16.4. The number of aromatic nitrogens is 2. The molecule has 28 heavy (non-hydrogen) atoms. The normalized spacial score (nSPS) is 20.1. The van der Waals surface area contributed by atoms with Crippen LogP contribution in [0.2, 0.25) is 0 Å². The van der Waals surface area contributed by atoms with Crippen molar-refractivity contribution in [3.63, 3.8) is 0 Å². The molecule has 1 aliphatic heterocycles. The molecule has 1 aromatic carbocycles. The van der Waals surface area contributed by atoms with Gasteiger partial charge in [0.25, 0.3) is 0 Å². The number of hydrogen-bond donors (Lipinski definition) is 1. The van der Waals surface area contributed by atoms with Gasteiger partial charge in [-0.1, -0.05) is 26.0 Å². The summed E-state index contributed by atoms with van der Waals surface area (Å²) in [7, 11) is 2.01. The molecule has 2 heterocycles.